The number of ether oxygens (including phenoxy) is 2. The van der Waals surface area contributed by atoms with Gasteiger partial charge >= 0.3 is 0 Å². The topological polar surface area (TPSA) is 80.3 Å². The van der Waals surface area contributed by atoms with Gasteiger partial charge in [-0.05, 0) is 0 Å². The van der Waals surface area contributed by atoms with Crippen molar-refractivity contribution in [2.24, 2.45) is 10.9 Å². The Morgan fingerprint density at radius 2 is 1.93 bits per heavy atom. The Bertz CT molecular complexity index is 198. The van der Waals surface area contributed by atoms with Crippen LogP contribution in [0.3, 0.4) is 0 Å². The molecule has 0 aromatic rings. The summed E-state index contributed by atoms with van der Waals surface area (Å²) in [7, 11) is 3.31. The van der Waals surface area contributed by atoms with Crippen LogP contribution in [0.2, 0.25) is 0 Å². The smallest absolute Gasteiger partial charge is 0.153 e. The molecule has 1 heterocycles. The summed E-state index contributed by atoms with van der Waals surface area (Å²) in [5, 5.41) is 11.3. The molecular formula is C8H17N3O3. The van der Waals surface area contributed by atoms with Gasteiger partial charge < -0.3 is 20.4 Å². The van der Waals surface area contributed by atoms with Crippen LogP contribution in [0.1, 0.15) is 0 Å². The number of hydrogen-bond acceptors (Lipinski definition) is 5. The first-order valence-electron chi connectivity index (χ1n) is 4.45. The van der Waals surface area contributed by atoms with E-state index >= 15 is 0 Å². The predicted molar refractivity (Wildman–Crippen MR) is 51.4 cm³/mol. The molecule has 2 atom stereocenters. The number of nitrogens with two attached hydrogens (primary N) is 1. The van der Waals surface area contributed by atoms with Crippen LogP contribution in [0.15, 0.2) is 5.16 Å². The molecule has 0 saturated carbocycles. The van der Waals surface area contributed by atoms with Gasteiger partial charge in [-0.2, -0.15) is 0 Å². The van der Waals surface area contributed by atoms with E-state index in [9.17, 15) is 0 Å². The third-order valence-corrected chi connectivity index (χ3v) is 2.41. The van der Waals surface area contributed by atoms with Crippen molar-refractivity contribution >= 4 is 5.84 Å². The maximum atomic E-state index is 8.42. The molecule has 1 aliphatic rings. The van der Waals surface area contributed by atoms with Gasteiger partial charge in [-0.1, -0.05) is 5.16 Å². The largest absolute Gasteiger partial charge is 0.409 e. The van der Waals surface area contributed by atoms with E-state index in [0.29, 0.717) is 6.54 Å². The minimum absolute atomic E-state index is 0.0616. The second-order valence-corrected chi connectivity index (χ2v) is 3.33. The summed E-state index contributed by atoms with van der Waals surface area (Å²) in [6.07, 6.45) is 0.123. The lowest BCUT2D eigenvalue weighted by Crippen LogP contribution is -2.33. The predicted octanol–water partition coefficient (Wildman–Crippen LogP) is -0.922. The summed E-state index contributed by atoms with van der Waals surface area (Å²) < 4.78 is 10.5. The number of likely N-dealkylation sites (tertiary alicyclic amines) is 1. The van der Waals surface area contributed by atoms with Crippen LogP contribution in [-0.4, -0.2) is 62.0 Å². The summed E-state index contributed by atoms with van der Waals surface area (Å²) >= 11 is 0. The number of rotatable bonds is 4. The Morgan fingerprint density at radius 1 is 1.43 bits per heavy atom. The van der Waals surface area contributed by atoms with Gasteiger partial charge in [-0.3, -0.25) is 4.90 Å². The summed E-state index contributed by atoms with van der Waals surface area (Å²) in [6.45, 7) is 1.92. The van der Waals surface area contributed by atoms with Crippen LogP contribution in [0, 0.1) is 0 Å². The Balaban J connectivity index is 2.45. The van der Waals surface area contributed by atoms with Gasteiger partial charge in [0.25, 0.3) is 0 Å². The summed E-state index contributed by atoms with van der Waals surface area (Å²) in [4.78, 5) is 2.03. The van der Waals surface area contributed by atoms with Gasteiger partial charge in [0.15, 0.2) is 5.84 Å². The Hall–Kier alpha value is -0.850. The molecule has 0 radical (unpaired) electrons. The molecule has 14 heavy (non-hydrogen) atoms. The van der Waals surface area contributed by atoms with E-state index in [2.05, 4.69) is 5.16 Å². The molecule has 6 nitrogen and oxygen atoms in total. The van der Waals surface area contributed by atoms with Crippen molar-refractivity contribution < 1.29 is 14.7 Å². The highest BCUT2D eigenvalue weighted by molar-refractivity contribution is 5.81. The van der Waals surface area contributed by atoms with Crippen LogP contribution < -0.4 is 5.73 Å². The zero-order valence-corrected chi connectivity index (χ0v) is 8.51. The molecule has 0 aliphatic carbocycles. The number of nitrogens with zero attached hydrogens (tertiary/aromatic N) is 2. The molecule has 1 fully saturated rings. The quantitative estimate of drug-likeness (QED) is 0.267. The fraction of sp³-hybridized carbons (Fsp3) is 0.875. The highest BCUT2D eigenvalue weighted by atomic mass is 16.5. The van der Waals surface area contributed by atoms with Crippen molar-refractivity contribution in [3.63, 3.8) is 0 Å². The van der Waals surface area contributed by atoms with Crippen molar-refractivity contribution in [2.75, 3.05) is 33.9 Å². The number of methoxy groups -OCH3 is 2. The van der Waals surface area contributed by atoms with Crippen molar-refractivity contribution in [2.45, 2.75) is 12.2 Å². The lowest BCUT2D eigenvalue weighted by atomic mass is 10.3. The standard InChI is InChI=1S/C8H17N3O3/c1-13-6-3-11(4-7(6)14-2)5-8(9)10-12/h6-7,12H,3-5H2,1-2H3,(H2,9,10). The first kappa shape index (κ1) is 11.2. The van der Waals surface area contributed by atoms with Crippen molar-refractivity contribution in [1.29, 1.82) is 0 Å². The SMILES string of the molecule is COC1CN(C/C(N)=N/O)CC1OC. The van der Waals surface area contributed by atoms with Crippen LogP contribution >= 0.6 is 0 Å². The van der Waals surface area contributed by atoms with Crippen molar-refractivity contribution in [3.8, 4) is 0 Å². The average Bonchev–Trinajstić information content (AvgIpc) is 2.59. The van der Waals surface area contributed by atoms with E-state index in [1.54, 1.807) is 14.2 Å². The Labute approximate surface area is 83.3 Å². The van der Waals surface area contributed by atoms with Crippen molar-refractivity contribution in [3.05, 3.63) is 0 Å². The molecule has 0 bridgehead atoms. The van der Waals surface area contributed by atoms with Gasteiger partial charge in [0.1, 0.15) is 0 Å². The number of oxime groups is 1. The van der Waals surface area contributed by atoms with Crippen LogP contribution in [-0.2, 0) is 9.47 Å². The van der Waals surface area contributed by atoms with E-state index in [4.69, 9.17) is 20.4 Å². The summed E-state index contributed by atoms with van der Waals surface area (Å²) in [5.74, 6) is 0.205. The van der Waals surface area contributed by atoms with Gasteiger partial charge in [0.2, 0.25) is 0 Å². The van der Waals surface area contributed by atoms with Gasteiger partial charge in [-0.25, -0.2) is 0 Å². The second kappa shape index (κ2) is 5.14. The molecule has 0 aromatic heterocycles. The number of amidine groups is 1. The molecule has 0 aromatic carbocycles. The van der Waals surface area contributed by atoms with Crippen LogP contribution in [0.5, 0.6) is 0 Å². The fourth-order valence-electron chi connectivity index (χ4n) is 1.66. The van der Waals surface area contributed by atoms with Crippen LogP contribution in [0.25, 0.3) is 0 Å². The van der Waals surface area contributed by atoms with Gasteiger partial charge in [-0.15, -0.1) is 0 Å². The van der Waals surface area contributed by atoms with E-state index in [1.165, 1.54) is 0 Å². The second-order valence-electron chi connectivity index (χ2n) is 3.33. The molecule has 0 amide bonds. The molecular weight excluding hydrogens is 186 g/mol. The van der Waals surface area contributed by atoms with E-state index < -0.39 is 0 Å². The first-order chi connectivity index (χ1) is 6.71. The molecule has 1 aliphatic heterocycles. The highest BCUT2D eigenvalue weighted by Gasteiger charge is 2.32. The molecule has 82 valence electrons. The zero-order valence-electron chi connectivity index (χ0n) is 8.51. The van der Waals surface area contributed by atoms with Gasteiger partial charge in [0.05, 0.1) is 18.8 Å². The Kier molecular flexibility index (Phi) is 4.12. The molecule has 6 heteroatoms. The molecule has 2 unspecified atom stereocenters. The highest BCUT2D eigenvalue weighted by Crippen LogP contribution is 2.14. The number of hydrogen-bond donors (Lipinski definition) is 2. The normalized spacial score (nSPS) is 29.7. The third-order valence-electron chi connectivity index (χ3n) is 2.41. The average molecular weight is 203 g/mol. The third kappa shape index (κ3) is 2.57. The lowest BCUT2D eigenvalue weighted by Gasteiger charge is -2.13. The molecule has 3 N–H and O–H groups in total. The minimum atomic E-state index is 0.0616. The monoisotopic (exact) mass is 203 g/mol. The van der Waals surface area contributed by atoms with E-state index in [0.717, 1.165) is 13.1 Å². The van der Waals surface area contributed by atoms with E-state index in [1.807, 2.05) is 4.90 Å². The van der Waals surface area contributed by atoms with Gasteiger partial charge in [0, 0.05) is 27.3 Å². The maximum Gasteiger partial charge on any atom is 0.153 e. The Morgan fingerprint density at radius 3 is 2.29 bits per heavy atom. The summed E-state index contributed by atoms with van der Waals surface area (Å²) in [5.41, 5.74) is 5.40. The molecule has 1 rings (SSSR count). The lowest BCUT2D eigenvalue weighted by molar-refractivity contribution is -0.00461. The zero-order chi connectivity index (χ0) is 10.6. The summed E-state index contributed by atoms with van der Waals surface area (Å²) in [6, 6.07) is 0. The van der Waals surface area contributed by atoms with Crippen LogP contribution in [0.4, 0.5) is 0 Å². The van der Waals surface area contributed by atoms with E-state index in [-0.39, 0.29) is 18.0 Å². The first-order valence-corrected chi connectivity index (χ1v) is 4.45. The minimum Gasteiger partial charge on any atom is -0.409 e. The molecule has 0 spiro atoms. The fourth-order valence-corrected chi connectivity index (χ4v) is 1.66. The van der Waals surface area contributed by atoms with Crippen molar-refractivity contribution in [1.82, 2.24) is 4.90 Å². The molecule has 1 saturated heterocycles. The maximum absolute atomic E-state index is 8.42.